The van der Waals surface area contributed by atoms with E-state index < -0.39 is 0 Å². The number of aromatic nitrogens is 1. The lowest BCUT2D eigenvalue weighted by Crippen LogP contribution is -2.35. The number of amides is 1. The van der Waals surface area contributed by atoms with Gasteiger partial charge in [0, 0.05) is 30.8 Å². The summed E-state index contributed by atoms with van der Waals surface area (Å²) in [6.45, 7) is 7.68. The third-order valence-corrected chi connectivity index (χ3v) is 3.25. The first-order valence-corrected chi connectivity index (χ1v) is 6.92. The van der Waals surface area contributed by atoms with Crippen LogP contribution in [0.15, 0.2) is 30.5 Å². The molecule has 2 rings (SSSR count). The summed E-state index contributed by atoms with van der Waals surface area (Å²) in [7, 11) is 1.66. The van der Waals surface area contributed by atoms with E-state index in [-0.39, 0.29) is 11.4 Å². The maximum Gasteiger partial charge on any atom is 0.239 e. The van der Waals surface area contributed by atoms with E-state index in [0.29, 0.717) is 6.54 Å². The van der Waals surface area contributed by atoms with Crippen molar-refractivity contribution < 1.29 is 4.79 Å². The Morgan fingerprint density at radius 3 is 2.65 bits per heavy atom. The second-order valence-electron chi connectivity index (χ2n) is 6.11. The highest BCUT2D eigenvalue weighted by Crippen LogP contribution is 2.18. The highest BCUT2D eigenvalue weighted by Gasteiger charge is 2.09. The highest BCUT2D eigenvalue weighted by molar-refractivity contribution is 5.83. The van der Waals surface area contributed by atoms with Gasteiger partial charge in [-0.25, -0.2) is 0 Å². The highest BCUT2D eigenvalue weighted by atomic mass is 16.1. The average molecular weight is 273 g/mol. The van der Waals surface area contributed by atoms with Gasteiger partial charge in [-0.1, -0.05) is 6.07 Å². The normalized spacial score (nSPS) is 11.8. The molecule has 0 saturated heterocycles. The molecule has 0 aliphatic carbocycles. The Balaban J connectivity index is 2.17. The molecule has 0 spiro atoms. The predicted octanol–water partition coefficient (Wildman–Crippen LogP) is 2.28. The minimum Gasteiger partial charge on any atom is -0.358 e. The number of likely N-dealkylation sites (N-methyl/N-ethyl adjacent to an activating group) is 1. The van der Waals surface area contributed by atoms with Crippen LogP contribution in [-0.2, 0) is 17.9 Å². The molecule has 0 bridgehead atoms. The number of nitrogens with one attached hydrogen (secondary N) is 2. The summed E-state index contributed by atoms with van der Waals surface area (Å²) in [5.74, 6) is 0.0148. The summed E-state index contributed by atoms with van der Waals surface area (Å²) in [4.78, 5) is 11.5. The largest absolute Gasteiger partial charge is 0.358 e. The summed E-state index contributed by atoms with van der Waals surface area (Å²) in [6, 6.07) is 8.42. The smallest absolute Gasteiger partial charge is 0.239 e. The zero-order valence-electron chi connectivity index (χ0n) is 12.7. The number of carbonyl (C=O) groups excluding carboxylic acids is 1. The van der Waals surface area contributed by atoms with Gasteiger partial charge in [0.15, 0.2) is 0 Å². The van der Waals surface area contributed by atoms with Crippen LogP contribution in [-0.4, -0.2) is 23.1 Å². The fourth-order valence-corrected chi connectivity index (χ4v) is 2.10. The third-order valence-electron chi connectivity index (χ3n) is 3.25. The van der Waals surface area contributed by atoms with E-state index in [4.69, 9.17) is 0 Å². The Morgan fingerprint density at radius 2 is 2.00 bits per heavy atom. The van der Waals surface area contributed by atoms with Crippen molar-refractivity contribution in [2.75, 3.05) is 7.05 Å². The van der Waals surface area contributed by atoms with Crippen LogP contribution < -0.4 is 10.6 Å². The van der Waals surface area contributed by atoms with Crippen molar-refractivity contribution >= 4 is 16.8 Å². The van der Waals surface area contributed by atoms with Gasteiger partial charge in [-0.2, -0.15) is 0 Å². The monoisotopic (exact) mass is 273 g/mol. The van der Waals surface area contributed by atoms with Gasteiger partial charge in [-0.15, -0.1) is 0 Å². The molecule has 0 fully saturated rings. The summed E-state index contributed by atoms with van der Waals surface area (Å²) in [5.41, 5.74) is 2.46. The van der Waals surface area contributed by atoms with E-state index in [1.165, 1.54) is 10.9 Å². The van der Waals surface area contributed by atoms with Crippen LogP contribution in [0.3, 0.4) is 0 Å². The number of fused-ring (bicyclic) bond motifs is 1. The van der Waals surface area contributed by atoms with Crippen molar-refractivity contribution in [2.45, 2.75) is 39.4 Å². The second-order valence-corrected chi connectivity index (χ2v) is 6.11. The van der Waals surface area contributed by atoms with E-state index >= 15 is 0 Å². The molecule has 0 aliphatic rings. The Labute approximate surface area is 120 Å². The van der Waals surface area contributed by atoms with Crippen molar-refractivity contribution in [2.24, 2.45) is 0 Å². The Hall–Kier alpha value is -1.81. The second kappa shape index (κ2) is 5.67. The van der Waals surface area contributed by atoms with Gasteiger partial charge >= 0.3 is 0 Å². The van der Waals surface area contributed by atoms with Gasteiger partial charge in [0.25, 0.3) is 0 Å². The van der Waals surface area contributed by atoms with E-state index in [1.54, 1.807) is 7.05 Å². The van der Waals surface area contributed by atoms with Crippen LogP contribution >= 0.6 is 0 Å². The Bertz CT molecular complexity index is 608. The van der Waals surface area contributed by atoms with Gasteiger partial charge in [0.2, 0.25) is 5.91 Å². The molecule has 108 valence electrons. The van der Waals surface area contributed by atoms with Crippen LogP contribution in [0.1, 0.15) is 26.3 Å². The minimum atomic E-state index is 0.0148. The first kappa shape index (κ1) is 14.6. The molecule has 4 heteroatoms. The summed E-state index contributed by atoms with van der Waals surface area (Å²) < 4.78 is 1.97. The van der Waals surface area contributed by atoms with Gasteiger partial charge in [-0.3, -0.25) is 4.79 Å². The lowest BCUT2D eigenvalue weighted by atomic mass is 10.1. The number of benzene rings is 1. The van der Waals surface area contributed by atoms with Crippen LogP contribution in [0.2, 0.25) is 0 Å². The molecule has 0 unspecified atom stereocenters. The van der Waals surface area contributed by atoms with Gasteiger partial charge in [0.05, 0.1) is 0 Å². The minimum absolute atomic E-state index is 0.0148. The lowest BCUT2D eigenvalue weighted by molar-refractivity contribution is -0.121. The number of rotatable bonds is 4. The molecule has 1 aromatic heterocycles. The molecule has 0 radical (unpaired) electrons. The zero-order chi connectivity index (χ0) is 14.8. The molecule has 20 heavy (non-hydrogen) atoms. The maximum atomic E-state index is 11.5. The zero-order valence-corrected chi connectivity index (χ0v) is 12.7. The first-order chi connectivity index (χ1) is 9.39. The third kappa shape index (κ3) is 3.61. The summed E-state index contributed by atoms with van der Waals surface area (Å²) in [6.07, 6.45) is 1.96. The fraction of sp³-hybridized carbons (Fsp3) is 0.438. The molecule has 4 nitrogen and oxygen atoms in total. The van der Waals surface area contributed by atoms with Gasteiger partial charge < -0.3 is 15.2 Å². The maximum absolute atomic E-state index is 11.5. The van der Waals surface area contributed by atoms with Crippen LogP contribution in [0.5, 0.6) is 0 Å². The molecule has 1 amide bonds. The van der Waals surface area contributed by atoms with E-state index in [9.17, 15) is 4.79 Å². The predicted molar refractivity (Wildman–Crippen MR) is 82.6 cm³/mol. The van der Waals surface area contributed by atoms with Crippen LogP contribution in [0, 0.1) is 0 Å². The summed E-state index contributed by atoms with van der Waals surface area (Å²) >= 11 is 0. The van der Waals surface area contributed by atoms with Crippen molar-refractivity contribution in [1.29, 1.82) is 0 Å². The SMILES string of the molecule is CNC(=O)Cn1ccc2cc(CNC(C)(C)C)ccc21. The molecule has 1 aromatic carbocycles. The molecule has 1 heterocycles. The number of hydrogen-bond donors (Lipinski definition) is 2. The lowest BCUT2D eigenvalue weighted by Gasteiger charge is -2.20. The van der Waals surface area contributed by atoms with E-state index in [0.717, 1.165) is 12.1 Å². The molecular weight excluding hydrogens is 250 g/mol. The number of carbonyl (C=O) groups is 1. The quantitative estimate of drug-likeness (QED) is 0.897. The standard InChI is InChI=1S/C16H23N3O/c1-16(2,3)18-10-12-5-6-14-13(9-12)7-8-19(14)11-15(20)17-4/h5-9,18H,10-11H2,1-4H3,(H,17,20). The van der Waals surface area contributed by atoms with Crippen molar-refractivity contribution in [3.8, 4) is 0 Å². The molecule has 0 saturated carbocycles. The summed E-state index contributed by atoms with van der Waals surface area (Å²) in [5, 5.41) is 7.30. The van der Waals surface area contributed by atoms with E-state index in [2.05, 4.69) is 55.7 Å². The average Bonchev–Trinajstić information content (AvgIpc) is 2.78. The van der Waals surface area contributed by atoms with Gasteiger partial charge in [0.1, 0.15) is 6.54 Å². The molecule has 0 atom stereocenters. The van der Waals surface area contributed by atoms with Crippen molar-refractivity contribution in [1.82, 2.24) is 15.2 Å². The van der Waals surface area contributed by atoms with Crippen molar-refractivity contribution in [3.63, 3.8) is 0 Å². The molecule has 0 aliphatic heterocycles. The van der Waals surface area contributed by atoms with Crippen LogP contribution in [0.4, 0.5) is 0 Å². The first-order valence-electron chi connectivity index (χ1n) is 6.92. The van der Waals surface area contributed by atoms with E-state index in [1.807, 2.05) is 10.8 Å². The Morgan fingerprint density at radius 1 is 1.25 bits per heavy atom. The van der Waals surface area contributed by atoms with Crippen LogP contribution in [0.25, 0.3) is 10.9 Å². The Kier molecular flexibility index (Phi) is 4.14. The van der Waals surface area contributed by atoms with Gasteiger partial charge in [-0.05, 0) is 49.9 Å². The molecule has 2 N–H and O–H groups in total. The number of nitrogens with zero attached hydrogens (tertiary/aromatic N) is 1. The fourth-order valence-electron chi connectivity index (χ4n) is 2.10. The number of hydrogen-bond acceptors (Lipinski definition) is 2. The molecular formula is C16H23N3O. The molecule has 2 aromatic rings. The van der Waals surface area contributed by atoms with Crippen molar-refractivity contribution in [3.05, 3.63) is 36.0 Å². The topological polar surface area (TPSA) is 46.1 Å².